The van der Waals surface area contributed by atoms with Gasteiger partial charge in [-0.15, -0.1) is 0 Å². The lowest BCUT2D eigenvalue weighted by Crippen LogP contribution is -2.43. The molecule has 1 aromatic rings. The van der Waals surface area contributed by atoms with E-state index in [9.17, 15) is 9.90 Å². The van der Waals surface area contributed by atoms with Gasteiger partial charge in [0.2, 0.25) is 0 Å². The maximum atomic E-state index is 11.5. The zero-order chi connectivity index (χ0) is 27.3. The number of anilines is 1. The monoisotopic (exact) mass is 522 g/mol. The molecule has 0 spiro atoms. The summed E-state index contributed by atoms with van der Waals surface area (Å²) in [6.07, 6.45) is 19.5. The molecule has 0 aromatic carbocycles. The number of methoxy groups -OCH3 is 1. The van der Waals surface area contributed by atoms with E-state index >= 15 is 0 Å². The summed E-state index contributed by atoms with van der Waals surface area (Å²) in [6.45, 7) is 10.4. The third-order valence-corrected chi connectivity index (χ3v) is 6.38. The minimum absolute atomic E-state index is 0.185. The molecule has 1 amide bonds. The Morgan fingerprint density at radius 1 is 1.26 bits per heavy atom. The predicted molar refractivity (Wildman–Crippen MR) is 152 cm³/mol. The number of aromatic nitrogens is 2. The largest absolute Gasteiger partial charge is 0.508 e. The lowest BCUT2D eigenvalue weighted by Gasteiger charge is -2.28. The van der Waals surface area contributed by atoms with Gasteiger partial charge in [-0.1, -0.05) is 49.8 Å². The Balaban J connectivity index is 0.000000715. The second-order valence-electron chi connectivity index (χ2n) is 9.84. The van der Waals surface area contributed by atoms with Crippen LogP contribution < -0.4 is 20.8 Å². The second-order valence-corrected chi connectivity index (χ2v) is 9.84. The maximum Gasteiger partial charge on any atom is 0.406 e. The minimum Gasteiger partial charge on any atom is -0.508 e. The van der Waals surface area contributed by atoms with Crippen LogP contribution in [-0.4, -0.2) is 61.1 Å². The molecular formula is C30H42N4O4. The van der Waals surface area contributed by atoms with Crippen LogP contribution in [0, 0.1) is 5.92 Å². The molecule has 206 valence electrons. The number of rotatable bonds is 8. The van der Waals surface area contributed by atoms with Crippen LogP contribution in [0.25, 0.3) is 12.2 Å². The summed E-state index contributed by atoms with van der Waals surface area (Å²) in [6, 6.07) is 0. The number of hydrogen-bond acceptors (Lipinski definition) is 7. The minimum atomic E-state index is -0.424. The molecule has 0 saturated carbocycles. The molecule has 0 radical (unpaired) electrons. The molecule has 1 saturated heterocycles. The molecule has 2 heterocycles. The first-order valence-electron chi connectivity index (χ1n) is 13.6. The third kappa shape index (κ3) is 8.87. The summed E-state index contributed by atoms with van der Waals surface area (Å²) in [4.78, 5) is 23.7. The van der Waals surface area contributed by atoms with E-state index in [1.807, 2.05) is 18.2 Å². The van der Waals surface area contributed by atoms with E-state index < -0.39 is 6.09 Å². The Morgan fingerprint density at radius 3 is 2.74 bits per heavy atom. The highest BCUT2D eigenvalue weighted by atomic mass is 16.5. The molecule has 2 atom stereocenters. The van der Waals surface area contributed by atoms with Gasteiger partial charge in [0.15, 0.2) is 0 Å². The zero-order valence-electron chi connectivity index (χ0n) is 23.2. The normalized spacial score (nSPS) is 18.7. The molecule has 8 nitrogen and oxygen atoms in total. The maximum absolute atomic E-state index is 11.5. The highest BCUT2D eigenvalue weighted by Crippen LogP contribution is 2.20. The number of nitrogens with one attached hydrogen (secondary N) is 1. The summed E-state index contributed by atoms with van der Waals surface area (Å²) in [7, 11) is 1.37. The average molecular weight is 523 g/mol. The Hall–Kier alpha value is -3.39. The van der Waals surface area contributed by atoms with Crippen molar-refractivity contribution >= 4 is 24.1 Å². The first-order chi connectivity index (χ1) is 18.4. The first-order valence-corrected chi connectivity index (χ1v) is 13.6. The summed E-state index contributed by atoms with van der Waals surface area (Å²) in [5.41, 5.74) is 1.16. The van der Waals surface area contributed by atoms with E-state index in [1.54, 1.807) is 12.2 Å². The van der Waals surface area contributed by atoms with Gasteiger partial charge in [0.05, 0.1) is 18.4 Å². The van der Waals surface area contributed by atoms with Gasteiger partial charge in [-0.25, -0.2) is 14.8 Å². The predicted octanol–water partition coefficient (Wildman–Crippen LogP) is 4.04. The number of carbonyl (C=O) groups excluding carboxylic acids is 1. The summed E-state index contributed by atoms with van der Waals surface area (Å²) in [5.74, 6) is 1.69. The Kier molecular flexibility index (Phi) is 11.6. The number of nitrogens with zero attached hydrogens (tertiary/aromatic N) is 3. The molecule has 0 bridgehead atoms. The highest BCUT2D eigenvalue weighted by Gasteiger charge is 2.19. The van der Waals surface area contributed by atoms with E-state index in [-0.39, 0.29) is 17.6 Å². The molecule has 38 heavy (non-hydrogen) atoms. The highest BCUT2D eigenvalue weighted by molar-refractivity contribution is 5.66. The first kappa shape index (κ1) is 29.2. The van der Waals surface area contributed by atoms with Crippen molar-refractivity contribution in [2.24, 2.45) is 5.92 Å². The van der Waals surface area contributed by atoms with Crippen LogP contribution in [0.3, 0.4) is 0 Å². The molecule has 2 unspecified atom stereocenters. The number of aliphatic hydroxyl groups excluding tert-OH is 1. The molecule has 2 aliphatic carbocycles. The van der Waals surface area contributed by atoms with Crippen molar-refractivity contribution in [3.8, 4) is 0 Å². The fourth-order valence-corrected chi connectivity index (χ4v) is 4.45. The number of allylic oxidation sites excluding steroid dienone is 7. The number of amides is 1. The van der Waals surface area contributed by atoms with Crippen molar-refractivity contribution in [3.63, 3.8) is 0 Å². The topological polar surface area (TPSA) is 96.8 Å². The van der Waals surface area contributed by atoms with Gasteiger partial charge in [0.1, 0.15) is 17.4 Å². The second kappa shape index (κ2) is 15.1. The molecule has 1 aromatic heterocycles. The van der Waals surface area contributed by atoms with Gasteiger partial charge in [-0.2, -0.15) is 0 Å². The van der Waals surface area contributed by atoms with Crippen LogP contribution >= 0.6 is 0 Å². The summed E-state index contributed by atoms with van der Waals surface area (Å²) in [5, 5.41) is 14.9. The van der Waals surface area contributed by atoms with Crippen molar-refractivity contribution in [3.05, 3.63) is 64.2 Å². The van der Waals surface area contributed by atoms with Crippen LogP contribution in [0.2, 0.25) is 0 Å². The SMILES string of the molecule is C1CCOC1.CCCN(CC(C)CNC(=O)OC)c1nc(C2C=CC=CC(O)=C2)nc2c1=CCC=C(C)C=2. The molecule has 4 rings (SSSR count). The van der Waals surface area contributed by atoms with E-state index in [0.29, 0.717) is 12.4 Å². The molecule has 2 N–H and O–H groups in total. The number of carbonyl (C=O) groups is 1. The van der Waals surface area contributed by atoms with Gasteiger partial charge in [0.25, 0.3) is 0 Å². The lowest BCUT2D eigenvalue weighted by atomic mass is 10.1. The van der Waals surface area contributed by atoms with Gasteiger partial charge in [-0.05, 0) is 56.8 Å². The number of aliphatic hydroxyl groups is 1. The Labute approximate surface area is 226 Å². The third-order valence-electron chi connectivity index (χ3n) is 6.38. The van der Waals surface area contributed by atoms with E-state index in [2.05, 4.69) is 49.2 Å². The molecule has 3 aliphatic rings. The van der Waals surface area contributed by atoms with Gasteiger partial charge >= 0.3 is 6.09 Å². The average Bonchev–Trinajstić information content (AvgIpc) is 3.34. The number of fused-ring (bicyclic) bond motifs is 1. The van der Waals surface area contributed by atoms with Crippen LogP contribution in [0.1, 0.15) is 58.2 Å². The quantitative estimate of drug-likeness (QED) is 0.532. The van der Waals surface area contributed by atoms with Gasteiger partial charge in [0, 0.05) is 38.1 Å². The van der Waals surface area contributed by atoms with Crippen LogP contribution in [0.4, 0.5) is 10.6 Å². The fourth-order valence-electron chi connectivity index (χ4n) is 4.45. The van der Waals surface area contributed by atoms with Gasteiger partial charge < -0.3 is 24.8 Å². The van der Waals surface area contributed by atoms with Crippen LogP contribution in [0.15, 0.2) is 47.8 Å². The standard InChI is InChI=1S/C26H34N4O3.C4H8O/c1-5-13-30(17-19(3)16-27-26(32)33-4)25-22-12-8-9-18(2)14-23(22)28-24(29-25)20-10-6-7-11-21(31)15-20;1-2-4-5-3-1/h6-7,9-12,14-15,19-20,31H,5,8,13,16-17H2,1-4H3,(H,27,32);1-4H2. The fraction of sp³-hybridized carbons (Fsp3) is 0.500. The van der Waals surface area contributed by atoms with E-state index in [4.69, 9.17) is 19.4 Å². The number of alkyl carbamates (subject to hydrolysis) is 1. The van der Waals surface area contributed by atoms with Crippen molar-refractivity contribution < 1.29 is 19.4 Å². The van der Waals surface area contributed by atoms with E-state index in [0.717, 1.165) is 61.1 Å². The summed E-state index contributed by atoms with van der Waals surface area (Å²) < 4.78 is 9.65. The summed E-state index contributed by atoms with van der Waals surface area (Å²) >= 11 is 0. The number of hydrogen-bond donors (Lipinski definition) is 2. The van der Waals surface area contributed by atoms with Crippen LogP contribution in [0.5, 0.6) is 0 Å². The molecular weight excluding hydrogens is 480 g/mol. The smallest absolute Gasteiger partial charge is 0.406 e. The Morgan fingerprint density at radius 2 is 2.05 bits per heavy atom. The molecule has 1 fully saturated rings. The Bertz CT molecular complexity index is 1170. The zero-order valence-corrected chi connectivity index (χ0v) is 23.2. The van der Waals surface area contributed by atoms with E-state index in [1.165, 1.54) is 20.0 Å². The van der Waals surface area contributed by atoms with Crippen molar-refractivity contribution in [2.75, 3.05) is 44.9 Å². The van der Waals surface area contributed by atoms with Crippen LogP contribution in [-0.2, 0) is 9.47 Å². The van der Waals surface area contributed by atoms with Crippen molar-refractivity contribution in [2.45, 2.75) is 52.4 Å². The van der Waals surface area contributed by atoms with Crippen molar-refractivity contribution in [1.82, 2.24) is 15.3 Å². The van der Waals surface area contributed by atoms with Gasteiger partial charge in [-0.3, -0.25) is 0 Å². The number of ether oxygens (including phenoxy) is 2. The molecule has 1 aliphatic heterocycles. The molecule has 8 heteroatoms. The van der Waals surface area contributed by atoms with Crippen molar-refractivity contribution in [1.29, 1.82) is 0 Å². The lowest BCUT2D eigenvalue weighted by molar-refractivity contribution is 0.169.